The molecule has 16 heavy (non-hydrogen) atoms. The number of thiophene rings is 1. The summed E-state index contributed by atoms with van der Waals surface area (Å²) in [5, 5.41) is 10.5. The van der Waals surface area contributed by atoms with Gasteiger partial charge < -0.3 is 5.32 Å². The Morgan fingerprint density at radius 2 is 2.31 bits per heavy atom. The van der Waals surface area contributed by atoms with Crippen LogP contribution in [0.5, 0.6) is 0 Å². The van der Waals surface area contributed by atoms with E-state index in [0.29, 0.717) is 0 Å². The van der Waals surface area contributed by atoms with Crippen molar-refractivity contribution in [2.24, 2.45) is 7.05 Å². The maximum absolute atomic E-state index is 5.85. The molecule has 5 heteroatoms. The molecule has 2 aromatic heterocycles. The first kappa shape index (κ1) is 11.6. The summed E-state index contributed by atoms with van der Waals surface area (Å²) < 4.78 is 1.84. The molecule has 0 bridgehead atoms. The number of aromatic nitrogens is 2. The van der Waals surface area contributed by atoms with Crippen LogP contribution in [0.15, 0.2) is 17.6 Å². The first-order valence-corrected chi connectivity index (χ1v) is 6.33. The van der Waals surface area contributed by atoms with Gasteiger partial charge in [-0.05, 0) is 13.0 Å². The molecule has 2 aromatic rings. The van der Waals surface area contributed by atoms with E-state index in [2.05, 4.69) is 10.4 Å². The summed E-state index contributed by atoms with van der Waals surface area (Å²) in [5.74, 6) is 0. The number of hydrogen-bond donors (Lipinski definition) is 1. The highest BCUT2D eigenvalue weighted by Crippen LogP contribution is 2.18. The molecule has 0 unspecified atom stereocenters. The third-order valence-corrected chi connectivity index (χ3v) is 3.64. The van der Waals surface area contributed by atoms with E-state index in [4.69, 9.17) is 11.6 Å². The highest BCUT2D eigenvalue weighted by Gasteiger charge is 2.03. The van der Waals surface area contributed by atoms with Crippen molar-refractivity contribution in [3.8, 4) is 0 Å². The largest absolute Gasteiger partial charge is 0.308 e. The molecule has 0 aromatic carbocycles. The fraction of sp³-hybridized carbons (Fsp3) is 0.364. The number of rotatable bonds is 4. The molecule has 0 radical (unpaired) electrons. The van der Waals surface area contributed by atoms with Gasteiger partial charge in [0.25, 0.3) is 0 Å². The molecule has 1 N–H and O–H groups in total. The summed E-state index contributed by atoms with van der Waals surface area (Å²) in [6, 6.07) is 2.00. The van der Waals surface area contributed by atoms with E-state index in [1.807, 2.05) is 36.3 Å². The molecule has 0 aliphatic carbocycles. The van der Waals surface area contributed by atoms with Crippen molar-refractivity contribution in [1.29, 1.82) is 0 Å². The normalized spacial score (nSPS) is 10.9. The molecule has 0 aliphatic rings. The van der Waals surface area contributed by atoms with Crippen LogP contribution in [0.3, 0.4) is 0 Å². The first-order valence-electron chi connectivity index (χ1n) is 5.08. The van der Waals surface area contributed by atoms with Crippen LogP contribution in [0.4, 0.5) is 0 Å². The summed E-state index contributed by atoms with van der Waals surface area (Å²) in [4.78, 5) is 1.26. The zero-order valence-corrected chi connectivity index (χ0v) is 10.9. The van der Waals surface area contributed by atoms with Gasteiger partial charge in [-0.2, -0.15) is 5.10 Å². The Morgan fingerprint density at radius 3 is 2.88 bits per heavy atom. The fourth-order valence-electron chi connectivity index (χ4n) is 1.59. The number of hydrogen-bond acceptors (Lipinski definition) is 3. The number of halogens is 1. The predicted octanol–water partition coefficient (Wildman–Crippen LogP) is 2.73. The van der Waals surface area contributed by atoms with Crippen LogP contribution in [-0.4, -0.2) is 9.78 Å². The summed E-state index contributed by atoms with van der Waals surface area (Å²) in [5.41, 5.74) is 2.32. The second kappa shape index (κ2) is 4.99. The van der Waals surface area contributed by atoms with Crippen LogP contribution in [0.25, 0.3) is 0 Å². The zero-order valence-electron chi connectivity index (χ0n) is 9.33. The SMILES string of the molecule is Cc1nn(C)cc1CNCc1cc(Cl)cs1. The molecule has 0 spiro atoms. The van der Waals surface area contributed by atoms with Crippen LogP contribution < -0.4 is 5.32 Å². The van der Waals surface area contributed by atoms with Gasteiger partial charge in [-0.3, -0.25) is 4.68 Å². The fourth-order valence-corrected chi connectivity index (χ4v) is 2.63. The topological polar surface area (TPSA) is 29.9 Å². The van der Waals surface area contributed by atoms with Crippen molar-refractivity contribution in [2.75, 3.05) is 0 Å². The molecule has 0 saturated heterocycles. The lowest BCUT2D eigenvalue weighted by molar-refractivity contribution is 0.697. The van der Waals surface area contributed by atoms with Crippen LogP contribution in [0.1, 0.15) is 16.1 Å². The summed E-state index contributed by atoms with van der Waals surface area (Å²) in [6.07, 6.45) is 2.05. The van der Waals surface area contributed by atoms with Crippen molar-refractivity contribution >= 4 is 22.9 Å². The van der Waals surface area contributed by atoms with Gasteiger partial charge in [-0.15, -0.1) is 11.3 Å². The molecule has 0 aliphatic heterocycles. The minimum absolute atomic E-state index is 0.819. The van der Waals surface area contributed by atoms with Crippen molar-refractivity contribution < 1.29 is 0 Å². The van der Waals surface area contributed by atoms with Crippen molar-refractivity contribution in [3.63, 3.8) is 0 Å². The minimum Gasteiger partial charge on any atom is -0.308 e. The van der Waals surface area contributed by atoms with Crippen LogP contribution >= 0.6 is 22.9 Å². The van der Waals surface area contributed by atoms with Gasteiger partial charge in [0, 0.05) is 42.2 Å². The van der Waals surface area contributed by atoms with Gasteiger partial charge >= 0.3 is 0 Å². The quantitative estimate of drug-likeness (QED) is 0.911. The van der Waals surface area contributed by atoms with Crippen molar-refractivity contribution in [1.82, 2.24) is 15.1 Å². The molecular formula is C11H14ClN3S. The van der Waals surface area contributed by atoms with E-state index in [0.717, 1.165) is 23.8 Å². The van der Waals surface area contributed by atoms with E-state index in [-0.39, 0.29) is 0 Å². The van der Waals surface area contributed by atoms with E-state index >= 15 is 0 Å². The van der Waals surface area contributed by atoms with Crippen LogP contribution in [-0.2, 0) is 20.1 Å². The molecule has 0 fully saturated rings. The monoisotopic (exact) mass is 255 g/mol. The maximum Gasteiger partial charge on any atom is 0.0638 e. The van der Waals surface area contributed by atoms with Gasteiger partial charge in [0.15, 0.2) is 0 Å². The first-order chi connectivity index (χ1) is 7.65. The molecule has 3 nitrogen and oxygen atoms in total. The molecule has 0 atom stereocenters. The van der Waals surface area contributed by atoms with Crippen molar-refractivity contribution in [2.45, 2.75) is 20.0 Å². The van der Waals surface area contributed by atoms with E-state index < -0.39 is 0 Å². The van der Waals surface area contributed by atoms with Crippen molar-refractivity contribution in [3.05, 3.63) is 38.8 Å². The molecule has 2 rings (SSSR count). The van der Waals surface area contributed by atoms with Gasteiger partial charge in [0.05, 0.1) is 10.7 Å². The lowest BCUT2D eigenvalue weighted by Gasteiger charge is -2.01. The Labute approximate surface area is 104 Å². The third-order valence-electron chi connectivity index (χ3n) is 2.35. The van der Waals surface area contributed by atoms with Gasteiger partial charge in [0.1, 0.15) is 0 Å². The third kappa shape index (κ3) is 2.84. The summed E-state index contributed by atoms with van der Waals surface area (Å²) >= 11 is 7.53. The molecule has 2 heterocycles. The Kier molecular flexibility index (Phi) is 3.63. The predicted molar refractivity (Wildman–Crippen MR) is 67.8 cm³/mol. The lowest BCUT2D eigenvalue weighted by atomic mass is 10.2. The zero-order chi connectivity index (χ0) is 11.5. The molecule has 86 valence electrons. The van der Waals surface area contributed by atoms with E-state index in [1.54, 1.807) is 11.3 Å². The average molecular weight is 256 g/mol. The standard InChI is InChI=1S/C11H14ClN3S/c1-8-9(6-15(2)14-8)4-13-5-11-3-10(12)7-16-11/h3,6-7,13H,4-5H2,1-2H3. The summed E-state index contributed by atoms with van der Waals surface area (Å²) in [7, 11) is 1.94. The number of nitrogens with one attached hydrogen (secondary N) is 1. The minimum atomic E-state index is 0.819. The highest BCUT2D eigenvalue weighted by molar-refractivity contribution is 7.10. The van der Waals surface area contributed by atoms with Crippen LogP contribution in [0, 0.1) is 6.92 Å². The second-order valence-electron chi connectivity index (χ2n) is 3.75. The lowest BCUT2D eigenvalue weighted by Crippen LogP contribution is -2.11. The van der Waals surface area contributed by atoms with Gasteiger partial charge in [0.2, 0.25) is 0 Å². The van der Waals surface area contributed by atoms with E-state index in [9.17, 15) is 0 Å². The second-order valence-corrected chi connectivity index (χ2v) is 5.18. The molecule has 0 amide bonds. The average Bonchev–Trinajstić information content (AvgIpc) is 2.74. The van der Waals surface area contributed by atoms with Crippen LogP contribution in [0.2, 0.25) is 5.02 Å². The Hall–Kier alpha value is -0.840. The molecular weight excluding hydrogens is 242 g/mol. The van der Waals surface area contributed by atoms with Gasteiger partial charge in [-0.25, -0.2) is 0 Å². The van der Waals surface area contributed by atoms with E-state index in [1.165, 1.54) is 10.4 Å². The Balaban J connectivity index is 1.86. The molecule has 0 saturated carbocycles. The Bertz CT molecular complexity index is 475. The highest BCUT2D eigenvalue weighted by atomic mass is 35.5. The Morgan fingerprint density at radius 1 is 1.50 bits per heavy atom. The number of nitrogens with zero attached hydrogens (tertiary/aromatic N) is 2. The smallest absolute Gasteiger partial charge is 0.0638 e. The number of aryl methyl sites for hydroxylation is 2. The maximum atomic E-state index is 5.85. The summed E-state index contributed by atoms with van der Waals surface area (Å²) in [6.45, 7) is 3.72. The van der Waals surface area contributed by atoms with Gasteiger partial charge in [-0.1, -0.05) is 11.6 Å².